The zero-order valence-electron chi connectivity index (χ0n) is 10.3. The number of hydrogen-bond acceptors (Lipinski definition) is 4. The maximum Gasteiger partial charge on any atom is 0.294 e. The van der Waals surface area contributed by atoms with Crippen molar-refractivity contribution in [3.8, 4) is 0 Å². The molecule has 2 aromatic carbocycles. The first kappa shape index (κ1) is 14.0. The molecule has 104 valence electrons. The lowest BCUT2D eigenvalue weighted by atomic mass is 10.2. The van der Waals surface area contributed by atoms with Gasteiger partial charge in [0.2, 0.25) is 0 Å². The van der Waals surface area contributed by atoms with Crippen molar-refractivity contribution in [1.29, 1.82) is 0 Å². The molecule has 0 heterocycles. The Morgan fingerprint density at radius 2 is 1.75 bits per heavy atom. The number of nitrogen functional groups attached to an aromatic ring is 1. The number of nitrogens with one attached hydrogen (secondary N) is 1. The van der Waals surface area contributed by atoms with E-state index in [-0.39, 0.29) is 16.3 Å². The van der Waals surface area contributed by atoms with Crippen LogP contribution in [0.2, 0.25) is 0 Å². The van der Waals surface area contributed by atoms with Crippen LogP contribution in [0.5, 0.6) is 0 Å². The molecule has 0 fully saturated rings. The molecule has 0 aliphatic heterocycles. The van der Waals surface area contributed by atoms with Gasteiger partial charge in [0.05, 0.1) is 16.3 Å². The van der Waals surface area contributed by atoms with Crippen LogP contribution in [-0.4, -0.2) is 18.9 Å². The van der Waals surface area contributed by atoms with E-state index >= 15 is 0 Å². The number of carbonyl (C=O) groups is 1. The van der Waals surface area contributed by atoms with Gasteiger partial charge in [-0.1, -0.05) is 18.2 Å². The van der Waals surface area contributed by atoms with Gasteiger partial charge in [-0.05, 0) is 30.3 Å². The first-order valence-corrected chi connectivity index (χ1v) is 7.05. The molecule has 20 heavy (non-hydrogen) atoms. The summed E-state index contributed by atoms with van der Waals surface area (Å²) in [5, 5.41) is 2.50. The molecule has 0 aliphatic rings. The molecule has 0 atom stereocenters. The van der Waals surface area contributed by atoms with Crippen molar-refractivity contribution >= 4 is 27.4 Å². The van der Waals surface area contributed by atoms with Crippen LogP contribution in [-0.2, 0) is 10.1 Å². The van der Waals surface area contributed by atoms with Gasteiger partial charge >= 0.3 is 0 Å². The third-order valence-electron chi connectivity index (χ3n) is 2.61. The van der Waals surface area contributed by atoms with Gasteiger partial charge in [0.1, 0.15) is 0 Å². The van der Waals surface area contributed by atoms with Gasteiger partial charge in [-0.25, -0.2) is 0 Å². The van der Waals surface area contributed by atoms with E-state index < -0.39 is 16.0 Å². The topological polar surface area (TPSA) is 109 Å². The smallest absolute Gasteiger partial charge is 0.294 e. The van der Waals surface area contributed by atoms with Gasteiger partial charge in [0, 0.05) is 5.56 Å². The van der Waals surface area contributed by atoms with E-state index in [0.717, 1.165) is 12.1 Å². The molecular weight excluding hydrogens is 280 g/mol. The normalized spacial score (nSPS) is 11.1. The lowest BCUT2D eigenvalue weighted by Crippen LogP contribution is -2.13. The molecule has 0 radical (unpaired) electrons. The molecule has 0 bridgehead atoms. The van der Waals surface area contributed by atoms with Crippen LogP contribution in [0.4, 0.5) is 11.4 Å². The molecule has 1 amide bonds. The Labute approximate surface area is 116 Å². The molecule has 0 aromatic heterocycles. The molecule has 2 rings (SSSR count). The Balaban J connectivity index is 2.32. The number of benzene rings is 2. The molecule has 0 spiro atoms. The molecule has 2 aromatic rings. The highest BCUT2D eigenvalue weighted by Crippen LogP contribution is 2.23. The van der Waals surface area contributed by atoms with Crippen molar-refractivity contribution in [1.82, 2.24) is 0 Å². The summed E-state index contributed by atoms with van der Waals surface area (Å²) in [6.07, 6.45) is 0. The predicted molar refractivity (Wildman–Crippen MR) is 75.1 cm³/mol. The van der Waals surface area contributed by atoms with E-state index in [0.29, 0.717) is 5.56 Å². The first-order valence-electron chi connectivity index (χ1n) is 5.61. The molecule has 0 aliphatic carbocycles. The van der Waals surface area contributed by atoms with E-state index in [9.17, 15) is 13.2 Å². The van der Waals surface area contributed by atoms with Crippen LogP contribution in [0.3, 0.4) is 0 Å². The first-order chi connectivity index (χ1) is 9.38. The maximum absolute atomic E-state index is 11.9. The molecule has 0 saturated heterocycles. The van der Waals surface area contributed by atoms with Crippen molar-refractivity contribution in [3.05, 3.63) is 54.1 Å². The largest absolute Gasteiger partial charge is 0.397 e. The summed E-state index contributed by atoms with van der Waals surface area (Å²) in [5.41, 5.74) is 6.39. The van der Waals surface area contributed by atoms with Gasteiger partial charge in [-0.15, -0.1) is 0 Å². The maximum atomic E-state index is 11.9. The standard InChI is InChI=1S/C13H12N2O4S/c14-11-7-6-10(20(17,18)19)8-12(11)15-13(16)9-4-2-1-3-5-9/h1-8H,14H2,(H,15,16)(H,17,18,19). The van der Waals surface area contributed by atoms with E-state index in [4.69, 9.17) is 10.3 Å². The average Bonchev–Trinajstić information content (AvgIpc) is 2.41. The predicted octanol–water partition coefficient (Wildman–Crippen LogP) is 1.77. The van der Waals surface area contributed by atoms with Crippen LogP contribution < -0.4 is 11.1 Å². The van der Waals surface area contributed by atoms with Crippen LogP contribution in [0, 0.1) is 0 Å². The zero-order chi connectivity index (χ0) is 14.8. The summed E-state index contributed by atoms with van der Waals surface area (Å²) < 4.78 is 31.1. The lowest BCUT2D eigenvalue weighted by molar-refractivity contribution is 0.102. The van der Waals surface area contributed by atoms with Crippen molar-refractivity contribution in [2.45, 2.75) is 4.90 Å². The Morgan fingerprint density at radius 1 is 1.10 bits per heavy atom. The molecule has 7 heteroatoms. The van der Waals surface area contributed by atoms with Crippen molar-refractivity contribution in [2.75, 3.05) is 11.1 Å². The number of carbonyl (C=O) groups excluding carboxylic acids is 1. The molecule has 0 unspecified atom stereocenters. The van der Waals surface area contributed by atoms with Crippen molar-refractivity contribution in [3.63, 3.8) is 0 Å². The van der Waals surface area contributed by atoms with Gasteiger partial charge in [0.15, 0.2) is 0 Å². The third-order valence-corrected chi connectivity index (χ3v) is 3.46. The van der Waals surface area contributed by atoms with Crippen LogP contribution in [0.15, 0.2) is 53.4 Å². The SMILES string of the molecule is Nc1ccc(S(=O)(=O)O)cc1NC(=O)c1ccccc1. The Kier molecular flexibility index (Phi) is 3.73. The van der Waals surface area contributed by atoms with E-state index in [1.165, 1.54) is 6.07 Å². The Hall–Kier alpha value is -2.38. The van der Waals surface area contributed by atoms with Gasteiger partial charge in [-0.3, -0.25) is 9.35 Å². The molecule has 4 N–H and O–H groups in total. The van der Waals surface area contributed by atoms with Gasteiger partial charge in [0.25, 0.3) is 16.0 Å². The fraction of sp³-hybridized carbons (Fsp3) is 0. The Bertz CT molecular complexity index is 742. The Morgan fingerprint density at radius 3 is 2.35 bits per heavy atom. The van der Waals surface area contributed by atoms with E-state index in [1.54, 1.807) is 30.3 Å². The third kappa shape index (κ3) is 3.14. The molecular formula is C13H12N2O4S. The van der Waals surface area contributed by atoms with Crippen LogP contribution in [0.25, 0.3) is 0 Å². The monoisotopic (exact) mass is 292 g/mol. The second-order valence-corrected chi connectivity index (χ2v) is 5.47. The minimum absolute atomic E-state index is 0.119. The molecule has 6 nitrogen and oxygen atoms in total. The van der Waals surface area contributed by atoms with E-state index in [2.05, 4.69) is 5.32 Å². The highest BCUT2D eigenvalue weighted by Gasteiger charge is 2.13. The number of amides is 1. The second-order valence-electron chi connectivity index (χ2n) is 4.04. The summed E-state index contributed by atoms with van der Waals surface area (Å²) in [5.74, 6) is -0.426. The number of hydrogen-bond donors (Lipinski definition) is 3. The zero-order valence-corrected chi connectivity index (χ0v) is 11.1. The summed E-state index contributed by atoms with van der Waals surface area (Å²) >= 11 is 0. The van der Waals surface area contributed by atoms with Gasteiger partial charge < -0.3 is 11.1 Å². The summed E-state index contributed by atoms with van der Waals surface area (Å²) in [7, 11) is -4.35. The van der Waals surface area contributed by atoms with Gasteiger partial charge in [-0.2, -0.15) is 8.42 Å². The average molecular weight is 292 g/mol. The second kappa shape index (κ2) is 5.32. The number of rotatable bonds is 3. The van der Waals surface area contributed by atoms with Crippen LogP contribution >= 0.6 is 0 Å². The summed E-state index contributed by atoms with van der Waals surface area (Å²) in [6.45, 7) is 0. The highest BCUT2D eigenvalue weighted by atomic mass is 32.2. The van der Waals surface area contributed by atoms with E-state index in [1.807, 2.05) is 0 Å². The quantitative estimate of drug-likeness (QED) is 0.590. The molecule has 0 saturated carbocycles. The fourth-order valence-corrected chi connectivity index (χ4v) is 2.09. The summed E-state index contributed by atoms with van der Waals surface area (Å²) in [6, 6.07) is 11.9. The minimum Gasteiger partial charge on any atom is -0.397 e. The van der Waals surface area contributed by atoms with Crippen molar-refractivity contribution < 1.29 is 17.8 Å². The minimum atomic E-state index is -4.35. The summed E-state index contributed by atoms with van der Waals surface area (Å²) in [4.78, 5) is 11.6. The fourth-order valence-electron chi connectivity index (χ4n) is 1.59. The highest BCUT2D eigenvalue weighted by molar-refractivity contribution is 7.85. The van der Waals surface area contributed by atoms with Crippen molar-refractivity contribution in [2.24, 2.45) is 0 Å². The lowest BCUT2D eigenvalue weighted by Gasteiger charge is -2.09. The number of nitrogens with two attached hydrogens (primary N) is 1. The van der Waals surface area contributed by atoms with Crippen LogP contribution in [0.1, 0.15) is 10.4 Å². The number of anilines is 2.